The van der Waals surface area contributed by atoms with Crippen LogP contribution in [-0.4, -0.2) is 30.3 Å². The summed E-state index contributed by atoms with van der Waals surface area (Å²) in [5.74, 6) is 2.22. The summed E-state index contributed by atoms with van der Waals surface area (Å²) in [6, 6.07) is 23.4. The minimum Gasteiger partial charge on any atom is -0.493 e. The number of carbonyl (C=O) groups excluding carboxylic acids is 1. The Hall–Kier alpha value is -2.64. The van der Waals surface area contributed by atoms with Crippen LogP contribution in [0, 0.1) is 0 Å². The van der Waals surface area contributed by atoms with E-state index in [-0.39, 0.29) is 11.4 Å². The zero-order valence-corrected chi connectivity index (χ0v) is 19.5. The highest BCUT2D eigenvalue weighted by Gasteiger charge is 2.31. The molecule has 1 fully saturated rings. The second-order valence-electron chi connectivity index (χ2n) is 7.04. The Labute approximate surface area is 194 Å². The van der Waals surface area contributed by atoms with E-state index in [1.165, 1.54) is 0 Å². The van der Waals surface area contributed by atoms with Gasteiger partial charge in [-0.1, -0.05) is 58.4 Å². The number of benzene rings is 3. The van der Waals surface area contributed by atoms with Crippen molar-refractivity contribution in [1.82, 2.24) is 4.90 Å². The Bertz CT molecular complexity index is 1050. The van der Waals surface area contributed by atoms with Crippen LogP contribution in [0.25, 0.3) is 0 Å². The number of ether oxygens (including phenoxy) is 2. The Morgan fingerprint density at radius 2 is 1.94 bits per heavy atom. The Morgan fingerprint density at radius 3 is 2.71 bits per heavy atom. The molecule has 0 saturated carbocycles. The van der Waals surface area contributed by atoms with Gasteiger partial charge in [0, 0.05) is 22.5 Å². The number of methoxy groups -OCH3 is 1. The van der Waals surface area contributed by atoms with Crippen molar-refractivity contribution in [2.24, 2.45) is 0 Å². The quantitative estimate of drug-likeness (QED) is 0.432. The number of amides is 2. The van der Waals surface area contributed by atoms with E-state index in [2.05, 4.69) is 21.2 Å². The number of hydrogen-bond donors (Lipinski definition) is 1. The summed E-state index contributed by atoms with van der Waals surface area (Å²) in [5, 5.41) is 2.91. The fraction of sp³-hybridized carbons (Fsp3) is 0.208. The number of carbonyl (C=O) groups is 1. The molecule has 3 aromatic carbocycles. The smallest absolute Gasteiger partial charge is 0.323 e. The van der Waals surface area contributed by atoms with Gasteiger partial charge in [0.05, 0.1) is 7.11 Å². The van der Waals surface area contributed by atoms with Gasteiger partial charge in [-0.3, -0.25) is 0 Å². The number of hydrogen-bond acceptors (Lipinski definition) is 4. The van der Waals surface area contributed by atoms with Gasteiger partial charge < -0.3 is 19.7 Å². The van der Waals surface area contributed by atoms with Gasteiger partial charge in [0.15, 0.2) is 11.5 Å². The lowest BCUT2D eigenvalue weighted by atomic mass is 10.1. The van der Waals surface area contributed by atoms with Crippen LogP contribution in [0.15, 0.2) is 77.3 Å². The van der Waals surface area contributed by atoms with Gasteiger partial charge in [0.1, 0.15) is 12.0 Å². The first-order valence-corrected chi connectivity index (χ1v) is 11.8. The van der Waals surface area contributed by atoms with Crippen LogP contribution < -0.4 is 14.8 Å². The van der Waals surface area contributed by atoms with Crippen LogP contribution in [-0.2, 0) is 6.61 Å². The molecule has 3 aromatic rings. The highest BCUT2D eigenvalue weighted by Crippen LogP contribution is 2.41. The first-order chi connectivity index (χ1) is 15.1. The second kappa shape index (κ2) is 10.1. The van der Waals surface area contributed by atoms with E-state index >= 15 is 0 Å². The van der Waals surface area contributed by atoms with Crippen LogP contribution in [0.1, 0.15) is 16.5 Å². The summed E-state index contributed by atoms with van der Waals surface area (Å²) in [6.45, 7) is 1.13. The van der Waals surface area contributed by atoms with Crippen molar-refractivity contribution >= 4 is 39.4 Å². The standard InChI is InChI=1S/C24H23BrN2O3S/c1-29-21-11-10-18(14-22(21)30-16-17-6-3-2-4-7-17)23-27(12-13-31-23)24(28)26-20-9-5-8-19(25)15-20/h2-11,14-15,23H,12-13,16H2,1H3,(H,26,28). The molecule has 0 spiro atoms. The van der Waals surface area contributed by atoms with E-state index in [1.54, 1.807) is 18.9 Å². The van der Waals surface area contributed by atoms with Gasteiger partial charge in [0.2, 0.25) is 0 Å². The molecule has 1 aliphatic rings. The van der Waals surface area contributed by atoms with Gasteiger partial charge >= 0.3 is 6.03 Å². The number of nitrogens with one attached hydrogen (secondary N) is 1. The van der Waals surface area contributed by atoms with Crippen molar-refractivity contribution in [2.75, 3.05) is 24.7 Å². The van der Waals surface area contributed by atoms with Crippen molar-refractivity contribution in [3.05, 3.63) is 88.4 Å². The third kappa shape index (κ3) is 5.35. The predicted octanol–water partition coefficient (Wildman–Crippen LogP) is 6.32. The Balaban J connectivity index is 1.51. The third-order valence-corrected chi connectivity index (χ3v) is 6.69. The summed E-state index contributed by atoms with van der Waals surface area (Å²) in [4.78, 5) is 14.8. The zero-order valence-electron chi connectivity index (χ0n) is 17.1. The molecule has 1 heterocycles. The van der Waals surface area contributed by atoms with Crippen LogP contribution in [0.5, 0.6) is 11.5 Å². The molecule has 1 atom stereocenters. The lowest BCUT2D eigenvalue weighted by molar-refractivity contribution is 0.214. The summed E-state index contributed by atoms with van der Waals surface area (Å²) >= 11 is 5.18. The van der Waals surface area contributed by atoms with Crippen LogP contribution >= 0.6 is 27.7 Å². The first kappa shape index (κ1) is 21.6. The van der Waals surface area contributed by atoms with E-state index < -0.39 is 0 Å². The largest absolute Gasteiger partial charge is 0.493 e. The van der Waals surface area contributed by atoms with E-state index in [0.29, 0.717) is 24.7 Å². The molecule has 1 N–H and O–H groups in total. The third-order valence-electron chi connectivity index (χ3n) is 4.94. The molecule has 0 radical (unpaired) electrons. The van der Waals surface area contributed by atoms with Gasteiger partial charge in [-0.2, -0.15) is 0 Å². The molecule has 0 aromatic heterocycles. The minimum atomic E-state index is -0.115. The molecule has 4 rings (SSSR count). The van der Waals surface area contributed by atoms with E-state index in [9.17, 15) is 4.79 Å². The lowest BCUT2D eigenvalue weighted by Gasteiger charge is -2.25. The van der Waals surface area contributed by atoms with Crippen LogP contribution in [0.2, 0.25) is 0 Å². The van der Waals surface area contributed by atoms with Crippen molar-refractivity contribution in [2.45, 2.75) is 12.0 Å². The van der Waals surface area contributed by atoms with Crippen LogP contribution in [0.3, 0.4) is 0 Å². The molecule has 7 heteroatoms. The number of urea groups is 1. The van der Waals surface area contributed by atoms with Gasteiger partial charge in [-0.25, -0.2) is 4.79 Å². The normalized spacial score (nSPS) is 15.5. The lowest BCUT2D eigenvalue weighted by Crippen LogP contribution is -2.34. The average molecular weight is 499 g/mol. The molecular weight excluding hydrogens is 476 g/mol. The number of nitrogens with zero attached hydrogens (tertiary/aromatic N) is 1. The molecular formula is C24H23BrN2O3S. The Morgan fingerprint density at radius 1 is 1.10 bits per heavy atom. The molecule has 1 saturated heterocycles. The van der Waals surface area contributed by atoms with Gasteiger partial charge in [-0.05, 0) is 41.5 Å². The number of anilines is 1. The summed E-state index contributed by atoms with van der Waals surface area (Å²) in [7, 11) is 1.63. The summed E-state index contributed by atoms with van der Waals surface area (Å²) in [6.07, 6.45) is 0. The molecule has 2 amide bonds. The number of rotatable bonds is 6. The molecule has 5 nitrogen and oxygen atoms in total. The second-order valence-corrected chi connectivity index (χ2v) is 9.15. The molecule has 31 heavy (non-hydrogen) atoms. The Kier molecular flexibility index (Phi) is 7.04. The predicted molar refractivity (Wildman–Crippen MR) is 129 cm³/mol. The highest BCUT2D eigenvalue weighted by molar-refractivity contribution is 9.10. The summed E-state index contributed by atoms with van der Waals surface area (Å²) < 4.78 is 12.5. The van der Waals surface area contributed by atoms with E-state index in [1.807, 2.05) is 77.7 Å². The van der Waals surface area contributed by atoms with Gasteiger partial charge in [-0.15, -0.1) is 11.8 Å². The van der Waals surface area contributed by atoms with E-state index in [4.69, 9.17) is 9.47 Å². The fourth-order valence-corrected chi connectivity index (χ4v) is 5.06. The van der Waals surface area contributed by atoms with E-state index in [0.717, 1.165) is 27.0 Å². The average Bonchev–Trinajstić information content (AvgIpc) is 3.28. The first-order valence-electron chi connectivity index (χ1n) is 9.93. The maximum Gasteiger partial charge on any atom is 0.323 e. The maximum atomic E-state index is 13.0. The monoisotopic (exact) mass is 498 g/mol. The molecule has 1 aliphatic heterocycles. The highest BCUT2D eigenvalue weighted by atomic mass is 79.9. The van der Waals surface area contributed by atoms with Crippen molar-refractivity contribution in [3.63, 3.8) is 0 Å². The molecule has 0 bridgehead atoms. The number of halogens is 1. The van der Waals surface area contributed by atoms with Gasteiger partial charge in [0.25, 0.3) is 0 Å². The molecule has 0 aliphatic carbocycles. The zero-order chi connectivity index (χ0) is 21.6. The minimum absolute atomic E-state index is 0.0860. The molecule has 1 unspecified atom stereocenters. The summed E-state index contributed by atoms with van der Waals surface area (Å²) in [5.41, 5.74) is 2.85. The van der Waals surface area contributed by atoms with Crippen LogP contribution in [0.4, 0.5) is 10.5 Å². The maximum absolute atomic E-state index is 13.0. The topological polar surface area (TPSA) is 50.8 Å². The SMILES string of the molecule is COc1ccc(C2SCCN2C(=O)Nc2cccc(Br)c2)cc1OCc1ccccc1. The fourth-order valence-electron chi connectivity index (χ4n) is 3.41. The number of thioether (sulfide) groups is 1. The molecule has 160 valence electrons. The van der Waals surface area contributed by atoms with Crippen molar-refractivity contribution in [3.8, 4) is 11.5 Å². The van der Waals surface area contributed by atoms with Crippen molar-refractivity contribution in [1.29, 1.82) is 0 Å². The van der Waals surface area contributed by atoms with Crippen molar-refractivity contribution < 1.29 is 14.3 Å².